The largest absolute Gasteiger partial charge is 0.497 e. The molecule has 8 nitrogen and oxygen atoms in total. The second-order valence-corrected chi connectivity index (χ2v) is 7.37. The summed E-state index contributed by atoms with van der Waals surface area (Å²) in [5.74, 6) is 1.23. The molecule has 0 heterocycles. The molecule has 0 saturated carbocycles. The molecule has 0 unspecified atom stereocenters. The van der Waals surface area contributed by atoms with Crippen LogP contribution in [0, 0.1) is 3.57 Å². The lowest BCUT2D eigenvalue weighted by Crippen LogP contribution is -2.20. The van der Waals surface area contributed by atoms with Crippen molar-refractivity contribution in [2.45, 2.75) is 12.8 Å². The molecule has 2 N–H and O–H groups in total. The second kappa shape index (κ2) is 12.6. The van der Waals surface area contributed by atoms with Crippen LogP contribution in [0.2, 0.25) is 0 Å². The molecule has 0 aromatic heterocycles. The first-order valence-corrected chi connectivity index (χ1v) is 10.4. The van der Waals surface area contributed by atoms with Crippen LogP contribution in [0.25, 0.3) is 0 Å². The molecule has 0 aliphatic carbocycles. The van der Waals surface area contributed by atoms with Gasteiger partial charge in [-0.3, -0.25) is 9.59 Å². The first-order valence-electron chi connectivity index (χ1n) is 9.33. The molecule has 2 amide bonds. The van der Waals surface area contributed by atoms with Gasteiger partial charge >= 0.3 is 0 Å². The Bertz CT molecular complexity index is 945. The van der Waals surface area contributed by atoms with Crippen LogP contribution >= 0.6 is 22.6 Å². The molecule has 0 aliphatic heterocycles. The number of amides is 2. The van der Waals surface area contributed by atoms with Gasteiger partial charge in [0.05, 0.1) is 24.0 Å². The molecule has 31 heavy (non-hydrogen) atoms. The van der Waals surface area contributed by atoms with Crippen molar-refractivity contribution in [3.63, 3.8) is 0 Å². The number of anilines is 1. The molecule has 0 spiro atoms. The minimum Gasteiger partial charge on any atom is -0.497 e. The van der Waals surface area contributed by atoms with E-state index >= 15 is 0 Å². The van der Waals surface area contributed by atoms with E-state index in [4.69, 9.17) is 14.2 Å². The summed E-state index contributed by atoms with van der Waals surface area (Å²) in [5.41, 5.74) is 3.78. The van der Waals surface area contributed by atoms with Crippen LogP contribution in [0.4, 0.5) is 5.69 Å². The predicted molar refractivity (Wildman–Crippen MR) is 128 cm³/mol. The van der Waals surface area contributed by atoms with E-state index in [9.17, 15) is 9.59 Å². The van der Waals surface area contributed by atoms with Crippen molar-refractivity contribution in [3.8, 4) is 17.2 Å². The molecule has 0 radical (unpaired) electrons. The Kier molecular flexibility index (Phi) is 9.82. The number of hydrogen-bond donors (Lipinski definition) is 2. The highest BCUT2D eigenvalue weighted by atomic mass is 127. The number of methoxy groups -OCH3 is 2. The van der Waals surface area contributed by atoms with Crippen LogP contribution in [-0.2, 0) is 9.59 Å². The molecule has 0 fully saturated rings. The maximum atomic E-state index is 12.0. The first kappa shape index (κ1) is 24.2. The number of nitrogens with one attached hydrogen (secondary N) is 2. The Morgan fingerprint density at radius 3 is 2.45 bits per heavy atom. The molecule has 164 valence electrons. The molecular formula is C22H24IN3O5. The van der Waals surface area contributed by atoms with E-state index in [1.165, 1.54) is 6.21 Å². The van der Waals surface area contributed by atoms with Crippen molar-refractivity contribution in [1.82, 2.24) is 5.43 Å². The van der Waals surface area contributed by atoms with Crippen molar-refractivity contribution in [2.24, 2.45) is 5.10 Å². The smallest absolute Gasteiger partial charge is 0.240 e. The number of hydrazone groups is 1. The van der Waals surface area contributed by atoms with Gasteiger partial charge in [-0.05, 0) is 64.6 Å². The van der Waals surface area contributed by atoms with E-state index in [0.717, 1.165) is 9.13 Å². The average molecular weight is 537 g/mol. The van der Waals surface area contributed by atoms with Crippen LogP contribution in [-0.4, -0.2) is 38.9 Å². The van der Waals surface area contributed by atoms with Gasteiger partial charge in [0.2, 0.25) is 11.8 Å². The monoisotopic (exact) mass is 537 g/mol. The fourth-order valence-corrected chi connectivity index (χ4v) is 3.24. The van der Waals surface area contributed by atoms with Gasteiger partial charge in [0.1, 0.15) is 12.4 Å². The Hall–Kier alpha value is -3.08. The maximum absolute atomic E-state index is 12.0. The number of carbonyl (C=O) groups is 2. The van der Waals surface area contributed by atoms with Gasteiger partial charge in [-0.2, -0.15) is 5.10 Å². The fraction of sp³-hybridized carbons (Fsp3) is 0.227. The normalized spacial score (nSPS) is 10.4. The number of nitrogens with zero attached hydrogens (tertiary/aromatic N) is 1. The van der Waals surface area contributed by atoms with Crippen molar-refractivity contribution in [2.75, 3.05) is 26.1 Å². The van der Waals surface area contributed by atoms with Gasteiger partial charge in [0.15, 0.2) is 11.5 Å². The zero-order valence-corrected chi connectivity index (χ0v) is 19.5. The number of ether oxygens (including phenoxy) is 3. The van der Waals surface area contributed by atoms with Crippen LogP contribution < -0.4 is 25.0 Å². The van der Waals surface area contributed by atoms with E-state index in [2.05, 4.69) is 45.0 Å². The summed E-state index contributed by atoms with van der Waals surface area (Å²) in [7, 11) is 3.12. The number of benzene rings is 2. The molecule has 2 aromatic rings. The number of halogens is 1. The molecule has 0 bridgehead atoms. The maximum Gasteiger partial charge on any atom is 0.240 e. The second-order valence-electron chi connectivity index (χ2n) is 6.20. The molecule has 2 aromatic carbocycles. The quantitative estimate of drug-likeness (QED) is 0.197. The van der Waals surface area contributed by atoms with Crippen molar-refractivity contribution >= 4 is 46.3 Å². The SMILES string of the molecule is C=CCOc1c(I)cc(C=NNC(=O)CCC(=O)Nc2ccc(OC)cc2)cc1OC. The fourth-order valence-electron chi connectivity index (χ4n) is 2.46. The lowest BCUT2D eigenvalue weighted by Gasteiger charge is -2.12. The number of carbonyl (C=O) groups excluding carboxylic acids is 2. The van der Waals surface area contributed by atoms with Gasteiger partial charge < -0.3 is 19.5 Å². The van der Waals surface area contributed by atoms with Crippen LogP contribution in [0.5, 0.6) is 17.2 Å². The highest BCUT2D eigenvalue weighted by molar-refractivity contribution is 14.1. The van der Waals surface area contributed by atoms with E-state index in [-0.39, 0.29) is 24.7 Å². The Labute approximate surface area is 194 Å². The van der Waals surface area contributed by atoms with Gasteiger partial charge in [0, 0.05) is 18.5 Å². The summed E-state index contributed by atoms with van der Waals surface area (Å²) in [6.45, 7) is 3.99. The van der Waals surface area contributed by atoms with E-state index < -0.39 is 0 Å². The van der Waals surface area contributed by atoms with Crippen LogP contribution in [0.1, 0.15) is 18.4 Å². The molecule has 0 aliphatic rings. The summed E-state index contributed by atoms with van der Waals surface area (Å²) >= 11 is 2.13. The van der Waals surface area contributed by atoms with Gasteiger partial charge in [0.25, 0.3) is 0 Å². The molecular weight excluding hydrogens is 513 g/mol. The Morgan fingerprint density at radius 2 is 1.81 bits per heavy atom. The standard InChI is InChI=1S/C22H24IN3O5/c1-4-11-31-22-18(23)12-15(13-19(22)30-3)14-24-26-21(28)10-9-20(27)25-16-5-7-17(29-2)8-6-16/h4-8,12-14H,1,9-11H2,2-3H3,(H,25,27)(H,26,28). The highest BCUT2D eigenvalue weighted by Crippen LogP contribution is 2.33. The summed E-state index contributed by atoms with van der Waals surface area (Å²) in [4.78, 5) is 23.9. The van der Waals surface area contributed by atoms with E-state index in [1.807, 2.05) is 6.07 Å². The first-order chi connectivity index (χ1) is 15.0. The van der Waals surface area contributed by atoms with E-state index in [0.29, 0.717) is 29.5 Å². The molecule has 2 rings (SSSR count). The Balaban J connectivity index is 1.84. The van der Waals surface area contributed by atoms with Crippen molar-refractivity contribution in [3.05, 3.63) is 58.2 Å². The molecule has 0 atom stereocenters. The zero-order chi connectivity index (χ0) is 22.6. The number of hydrogen-bond acceptors (Lipinski definition) is 6. The number of rotatable bonds is 11. The highest BCUT2D eigenvalue weighted by Gasteiger charge is 2.11. The minimum atomic E-state index is -0.367. The topological polar surface area (TPSA) is 98.2 Å². The van der Waals surface area contributed by atoms with Crippen LogP contribution in [0.3, 0.4) is 0 Å². The van der Waals surface area contributed by atoms with Crippen LogP contribution in [0.15, 0.2) is 54.2 Å². The third-order valence-electron chi connectivity index (χ3n) is 3.95. The predicted octanol–water partition coefficient (Wildman–Crippen LogP) is 3.74. The molecule has 9 heteroatoms. The van der Waals surface area contributed by atoms with Gasteiger partial charge in [-0.15, -0.1) is 0 Å². The van der Waals surface area contributed by atoms with Gasteiger partial charge in [-0.1, -0.05) is 12.7 Å². The minimum absolute atomic E-state index is 0.00845. The molecule has 0 saturated heterocycles. The Morgan fingerprint density at radius 1 is 1.10 bits per heavy atom. The lowest BCUT2D eigenvalue weighted by atomic mass is 10.2. The van der Waals surface area contributed by atoms with E-state index in [1.54, 1.807) is 50.6 Å². The summed E-state index contributed by atoms with van der Waals surface area (Å²) in [5, 5.41) is 6.67. The average Bonchev–Trinajstić information content (AvgIpc) is 2.77. The van der Waals surface area contributed by atoms with Crippen molar-refractivity contribution < 1.29 is 23.8 Å². The third-order valence-corrected chi connectivity index (χ3v) is 4.75. The third kappa shape index (κ3) is 7.93. The van der Waals surface area contributed by atoms with Crippen molar-refractivity contribution in [1.29, 1.82) is 0 Å². The summed E-state index contributed by atoms with van der Waals surface area (Å²) in [6, 6.07) is 10.5. The summed E-state index contributed by atoms with van der Waals surface area (Å²) in [6.07, 6.45) is 3.19. The zero-order valence-electron chi connectivity index (χ0n) is 17.3. The lowest BCUT2D eigenvalue weighted by molar-refractivity contribution is -0.124. The summed E-state index contributed by atoms with van der Waals surface area (Å²) < 4.78 is 16.9. The van der Waals surface area contributed by atoms with Gasteiger partial charge in [-0.25, -0.2) is 5.43 Å².